The van der Waals surface area contributed by atoms with Crippen LogP contribution in [0, 0.1) is 23.4 Å². The fourth-order valence-electron chi connectivity index (χ4n) is 2.72. The Balaban J connectivity index is 2.11. The molecule has 1 aromatic carbocycles. The van der Waals surface area contributed by atoms with Gasteiger partial charge in [0.05, 0.1) is 11.1 Å². The van der Waals surface area contributed by atoms with E-state index < -0.39 is 41.5 Å². The molecule has 0 aliphatic carbocycles. The Morgan fingerprint density at radius 2 is 1.79 bits per heavy atom. The minimum Gasteiger partial charge on any atom is -0.369 e. The summed E-state index contributed by atoms with van der Waals surface area (Å²) in [7, 11) is 0. The number of halogens is 7. The molecule has 2 heterocycles. The van der Waals surface area contributed by atoms with Crippen molar-refractivity contribution in [1.82, 2.24) is 19.6 Å². The molecule has 0 spiro atoms. The number of alkyl halides is 3. The summed E-state index contributed by atoms with van der Waals surface area (Å²) in [4.78, 5) is 7.68. The lowest BCUT2D eigenvalue weighted by atomic mass is 10.0. The molecular weight excluding hydrogens is 412 g/mol. The third-order valence-electron chi connectivity index (χ3n) is 3.84. The Hall–Kier alpha value is -2.56. The number of hydrogen-bond donors (Lipinski definition) is 1. The normalized spacial score (nSPS) is 13.1. The first kappa shape index (κ1) is 20.2. The van der Waals surface area contributed by atoms with Crippen LogP contribution in [0.4, 0.5) is 32.2 Å². The molecule has 1 N–H and O–H groups in total. The number of anilines is 1. The topological polar surface area (TPSA) is 55.1 Å². The molecule has 0 radical (unpaired) electrons. The maximum Gasteiger partial charge on any atom is 0.389 e. The van der Waals surface area contributed by atoms with E-state index in [1.165, 1.54) is 6.92 Å². The molecule has 150 valence electrons. The van der Waals surface area contributed by atoms with Gasteiger partial charge in [-0.25, -0.2) is 13.2 Å². The summed E-state index contributed by atoms with van der Waals surface area (Å²) in [6.07, 6.45) is -4.37. The number of fused-ring (bicyclic) bond motifs is 1. The molecule has 3 aromatic rings. The summed E-state index contributed by atoms with van der Waals surface area (Å²) >= 11 is 6.07. The van der Waals surface area contributed by atoms with E-state index in [1.807, 2.05) is 0 Å². The zero-order valence-corrected chi connectivity index (χ0v) is 14.9. The molecule has 0 saturated heterocycles. The van der Waals surface area contributed by atoms with Crippen molar-refractivity contribution in [3.05, 3.63) is 41.1 Å². The molecule has 12 heteroatoms. The zero-order valence-electron chi connectivity index (χ0n) is 14.2. The molecule has 1 unspecified atom stereocenters. The Bertz CT molecular complexity index is 996. The van der Waals surface area contributed by atoms with Crippen LogP contribution >= 0.6 is 11.6 Å². The lowest BCUT2D eigenvalue weighted by Crippen LogP contribution is -2.21. The minimum absolute atomic E-state index is 0.0392. The number of rotatable bonds is 5. The first-order chi connectivity index (χ1) is 13.1. The van der Waals surface area contributed by atoms with Crippen LogP contribution in [0.2, 0.25) is 5.15 Å². The SMILES string of the molecule is CC(CNc1c(-c2c(F)cc(F)cc2F)c(Cl)nc2ncnn12)CC(F)(F)F. The van der Waals surface area contributed by atoms with Gasteiger partial charge in [-0.1, -0.05) is 18.5 Å². The van der Waals surface area contributed by atoms with E-state index in [-0.39, 0.29) is 28.9 Å². The van der Waals surface area contributed by atoms with Gasteiger partial charge in [0.15, 0.2) is 0 Å². The van der Waals surface area contributed by atoms with E-state index in [0.717, 1.165) is 10.8 Å². The van der Waals surface area contributed by atoms with Crippen LogP contribution in [0.25, 0.3) is 16.9 Å². The van der Waals surface area contributed by atoms with Crippen LogP contribution in [-0.4, -0.2) is 32.3 Å². The van der Waals surface area contributed by atoms with Gasteiger partial charge in [-0.15, -0.1) is 0 Å². The van der Waals surface area contributed by atoms with Crippen molar-refractivity contribution in [2.24, 2.45) is 5.92 Å². The smallest absolute Gasteiger partial charge is 0.369 e. The first-order valence-electron chi connectivity index (χ1n) is 7.91. The molecule has 1 atom stereocenters. The third-order valence-corrected chi connectivity index (χ3v) is 4.11. The standard InChI is InChI=1S/C16H12ClF6N5/c1-7(4-16(21,22)23)5-24-14-12(11-9(19)2-8(18)3-10(11)20)13(17)27-15-25-6-26-28(14)15/h2-3,6-7,24H,4-5H2,1H3. The lowest BCUT2D eigenvalue weighted by Gasteiger charge is -2.19. The van der Waals surface area contributed by atoms with E-state index >= 15 is 0 Å². The summed E-state index contributed by atoms with van der Waals surface area (Å²) in [5.41, 5.74) is -1.00. The van der Waals surface area contributed by atoms with Crippen LogP contribution in [0.3, 0.4) is 0 Å². The van der Waals surface area contributed by atoms with E-state index in [0.29, 0.717) is 12.1 Å². The summed E-state index contributed by atoms with van der Waals surface area (Å²) in [5, 5.41) is 6.16. The predicted octanol–water partition coefficient (Wildman–Crippen LogP) is 4.86. The Morgan fingerprint density at radius 1 is 1.14 bits per heavy atom. The summed E-state index contributed by atoms with van der Waals surface area (Å²) < 4.78 is 80.6. The molecule has 5 nitrogen and oxygen atoms in total. The second-order valence-electron chi connectivity index (χ2n) is 6.15. The van der Waals surface area contributed by atoms with Crippen LogP contribution < -0.4 is 5.32 Å². The highest BCUT2D eigenvalue weighted by atomic mass is 35.5. The van der Waals surface area contributed by atoms with Crippen molar-refractivity contribution in [3.8, 4) is 11.1 Å². The van der Waals surface area contributed by atoms with Gasteiger partial charge in [0.1, 0.15) is 34.7 Å². The maximum absolute atomic E-state index is 14.3. The van der Waals surface area contributed by atoms with E-state index in [1.54, 1.807) is 0 Å². The predicted molar refractivity (Wildman–Crippen MR) is 89.4 cm³/mol. The van der Waals surface area contributed by atoms with Gasteiger partial charge in [0.25, 0.3) is 5.78 Å². The van der Waals surface area contributed by atoms with Crippen molar-refractivity contribution in [2.45, 2.75) is 19.5 Å². The highest BCUT2D eigenvalue weighted by molar-refractivity contribution is 6.33. The van der Waals surface area contributed by atoms with Gasteiger partial charge in [0, 0.05) is 25.1 Å². The quantitative estimate of drug-likeness (QED) is 0.470. The summed E-state index contributed by atoms with van der Waals surface area (Å²) in [5.74, 6) is -4.69. The van der Waals surface area contributed by atoms with Gasteiger partial charge >= 0.3 is 6.18 Å². The van der Waals surface area contributed by atoms with Gasteiger partial charge < -0.3 is 5.32 Å². The van der Waals surface area contributed by atoms with Crippen molar-refractivity contribution in [3.63, 3.8) is 0 Å². The molecule has 28 heavy (non-hydrogen) atoms. The summed E-state index contributed by atoms with van der Waals surface area (Å²) in [6, 6.07) is 0.909. The van der Waals surface area contributed by atoms with E-state index in [4.69, 9.17) is 11.6 Å². The van der Waals surface area contributed by atoms with Crippen molar-refractivity contribution >= 4 is 23.2 Å². The van der Waals surface area contributed by atoms with E-state index in [2.05, 4.69) is 20.4 Å². The Morgan fingerprint density at radius 3 is 2.39 bits per heavy atom. The molecule has 0 bridgehead atoms. The van der Waals surface area contributed by atoms with Crippen LogP contribution in [0.1, 0.15) is 13.3 Å². The maximum atomic E-state index is 14.3. The molecule has 3 rings (SSSR count). The lowest BCUT2D eigenvalue weighted by molar-refractivity contribution is -0.142. The molecule has 0 aliphatic rings. The number of aromatic nitrogens is 4. The van der Waals surface area contributed by atoms with Gasteiger partial charge in [-0.3, -0.25) is 0 Å². The molecule has 0 fully saturated rings. The first-order valence-corrected chi connectivity index (χ1v) is 8.29. The van der Waals surface area contributed by atoms with Crippen molar-refractivity contribution in [1.29, 1.82) is 0 Å². The Kier molecular flexibility index (Phi) is 5.37. The fourth-order valence-corrected chi connectivity index (χ4v) is 2.98. The molecule has 2 aromatic heterocycles. The zero-order chi connectivity index (χ0) is 20.6. The van der Waals surface area contributed by atoms with Gasteiger partial charge in [0.2, 0.25) is 0 Å². The van der Waals surface area contributed by atoms with Crippen molar-refractivity contribution < 1.29 is 26.3 Å². The third kappa shape index (κ3) is 4.13. The highest BCUT2D eigenvalue weighted by Crippen LogP contribution is 2.38. The minimum atomic E-state index is -4.38. The van der Waals surface area contributed by atoms with Crippen LogP contribution in [-0.2, 0) is 0 Å². The van der Waals surface area contributed by atoms with Gasteiger partial charge in [-0.2, -0.15) is 32.8 Å². The molecular formula is C16H12ClF6N5. The molecule has 0 aliphatic heterocycles. The monoisotopic (exact) mass is 423 g/mol. The van der Waals surface area contributed by atoms with Crippen LogP contribution in [0.15, 0.2) is 18.5 Å². The second kappa shape index (κ2) is 7.46. The Labute approximate surface area is 159 Å². The molecule has 0 saturated carbocycles. The number of nitrogens with zero attached hydrogens (tertiary/aromatic N) is 4. The van der Waals surface area contributed by atoms with Crippen molar-refractivity contribution in [2.75, 3.05) is 11.9 Å². The van der Waals surface area contributed by atoms with Gasteiger partial charge in [-0.05, 0) is 5.92 Å². The molecule has 0 amide bonds. The average molecular weight is 424 g/mol. The largest absolute Gasteiger partial charge is 0.389 e. The number of nitrogens with one attached hydrogen (secondary N) is 1. The van der Waals surface area contributed by atoms with Crippen LogP contribution in [0.5, 0.6) is 0 Å². The average Bonchev–Trinajstić information content (AvgIpc) is 2.99. The number of hydrogen-bond acceptors (Lipinski definition) is 4. The summed E-state index contributed by atoms with van der Waals surface area (Å²) in [6.45, 7) is 1.13. The highest BCUT2D eigenvalue weighted by Gasteiger charge is 2.30. The fraction of sp³-hybridized carbons (Fsp3) is 0.312. The number of benzene rings is 1. The second-order valence-corrected chi connectivity index (χ2v) is 6.51. The van der Waals surface area contributed by atoms with E-state index in [9.17, 15) is 26.3 Å².